The van der Waals surface area contributed by atoms with Gasteiger partial charge in [0.15, 0.2) is 0 Å². The van der Waals surface area contributed by atoms with Gasteiger partial charge in [0.2, 0.25) is 11.8 Å². The first kappa shape index (κ1) is 19.3. The number of amides is 2. The van der Waals surface area contributed by atoms with Crippen LogP contribution < -0.4 is 4.90 Å². The monoisotopic (exact) mass is 450 g/mol. The van der Waals surface area contributed by atoms with Crippen LogP contribution in [0.3, 0.4) is 0 Å². The Morgan fingerprint density at radius 1 is 0.909 bits per heavy atom. The predicted octanol–water partition coefficient (Wildman–Crippen LogP) is 5.14. The summed E-state index contributed by atoms with van der Waals surface area (Å²) in [6.07, 6.45) is 2.85. The zero-order valence-corrected chi connectivity index (χ0v) is 19.1. The van der Waals surface area contributed by atoms with E-state index in [1.165, 1.54) is 43.4 Å². The molecule has 5 heteroatoms. The van der Waals surface area contributed by atoms with Crippen LogP contribution in [0.1, 0.15) is 63.4 Å². The number of carbonyl (C=O) groups excluding carboxylic acids is 2. The molecule has 0 unspecified atom stereocenters. The van der Waals surface area contributed by atoms with Crippen LogP contribution >= 0.6 is 11.3 Å². The highest BCUT2D eigenvalue weighted by molar-refractivity contribution is 7.17. The van der Waals surface area contributed by atoms with Gasteiger partial charge in [-0.1, -0.05) is 55.5 Å². The Bertz CT molecular complexity index is 1300. The number of carbonyl (C=O) groups is 2. The number of anilines is 1. The maximum absolute atomic E-state index is 14.0. The summed E-state index contributed by atoms with van der Waals surface area (Å²) in [4.78, 5) is 30.6. The topological polar surface area (TPSA) is 61.2 Å². The number of imide groups is 1. The SMILES string of the molecule is C[C@H]1CCc2sc(N3C(=O)[C@@H]4C5c6ccccc6C(c6ccccc65)[C@@H]4C3=O)c(C#N)c2C1. The molecule has 2 amide bonds. The molecule has 162 valence electrons. The van der Waals surface area contributed by atoms with Crippen molar-refractivity contribution in [2.75, 3.05) is 4.90 Å². The van der Waals surface area contributed by atoms with Gasteiger partial charge < -0.3 is 0 Å². The van der Waals surface area contributed by atoms with Gasteiger partial charge in [-0.15, -0.1) is 11.3 Å². The summed E-state index contributed by atoms with van der Waals surface area (Å²) in [6.45, 7) is 2.20. The first-order valence-corrected chi connectivity index (χ1v) is 12.5. The van der Waals surface area contributed by atoms with Crippen LogP contribution in [-0.4, -0.2) is 11.8 Å². The Hall–Kier alpha value is -3.23. The fraction of sp³-hybridized carbons (Fsp3) is 0.321. The van der Waals surface area contributed by atoms with E-state index >= 15 is 0 Å². The number of nitriles is 1. The van der Waals surface area contributed by atoms with E-state index < -0.39 is 11.8 Å². The first-order valence-electron chi connectivity index (χ1n) is 11.7. The predicted molar refractivity (Wildman–Crippen MR) is 126 cm³/mol. The lowest BCUT2D eigenvalue weighted by Gasteiger charge is -2.45. The van der Waals surface area contributed by atoms with Gasteiger partial charge in [-0.2, -0.15) is 5.26 Å². The van der Waals surface area contributed by atoms with Crippen molar-refractivity contribution < 1.29 is 9.59 Å². The summed E-state index contributed by atoms with van der Waals surface area (Å²) in [6, 6.07) is 18.9. The third-order valence-electron chi connectivity index (χ3n) is 8.25. The molecule has 2 heterocycles. The smallest absolute Gasteiger partial charge is 0.239 e. The van der Waals surface area contributed by atoms with E-state index in [9.17, 15) is 14.9 Å². The minimum atomic E-state index is -0.406. The molecule has 1 saturated heterocycles. The number of benzene rings is 2. The molecule has 2 bridgehead atoms. The van der Waals surface area contributed by atoms with Gasteiger partial charge in [0.25, 0.3) is 0 Å². The molecule has 1 fully saturated rings. The van der Waals surface area contributed by atoms with Crippen LogP contribution in [0.15, 0.2) is 48.5 Å². The standard InChI is InChI=1S/C28H22N2O2S/c1-14-10-11-21-19(12-14)20(13-29)28(33-21)30-26(31)24-22-15-6-2-3-7-16(15)23(25(24)27(30)32)18-9-5-4-8-17(18)22/h2-9,14,22-25H,10-12H2,1H3/t14-,22?,23?,24-,25+/m0/s1. The molecule has 0 spiro atoms. The minimum Gasteiger partial charge on any atom is -0.274 e. The number of nitrogens with zero attached hydrogens (tertiary/aromatic N) is 2. The Labute approximate surface area is 196 Å². The van der Waals surface area contributed by atoms with Crippen molar-refractivity contribution in [3.8, 4) is 6.07 Å². The molecule has 1 aromatic heterocycles. The van der Waals surface area contributed by atoms with E-state index in [4.69, 9.17) is 0 Å². The van der Waals surface area contributed by atoms with Crippen LogP contribution in [0.25, 0.3) is 0 Å². The maximum Gasteiger partial charge on any atom is 0.239 e. The van der Waals surface area contributed by atoms with Crippen LogP contribution in [0.4, 0.5) is 5.00 Å². The molecule has 1 aliphatic heterocycles. The van der Waals surface area contributed by atoms with E-state index in [0.29, 0.717) is 16.5 Å². The molecule has 8 rings (SSSR count). The fourth-order valence-corrected chi connectivity index (χ4v) is 8.20. The molecule has 4 aliphatic carbocycles. The average molecular weight is 451 g/mol. The number of thiophene rings is 1. The third-order valence-corrected chi connectivity index (χ3v) is 9.53. The zero-order chi connectivity index (χ0) is 22.4. The largest absolute Gasteiger partial charge is 0.274 e. The Morgan fingerprint density at radius 3 is 1.91 bits per heavy atom. The minimum absolute atomic E-state index is 0.117. The second-order valence-corrected chi connectivity index (χ2v) is 11.0. The van der Waals surface area contributed by atoms with E-state index in [2.05, 4.69) is 37.3 Å². The molecule has 0 N–H and O–H groups in total. The average Bonchev–Trinajstić information content (AvgIpc) is 3.32. The molecule has 4 nitrogen and oxygen atoms in total. The van der Waals surface area contributed by atoms with Crippen molar-refractivity contribution >= 4 is 28.2 Å². The van der Waals surface area contributed by atoms with Crippen LogP contribution in [-0.2, 0) is 22.4 Å². The van der Waals surface area contributed by atoms with Crippen molar-refractivity contribution in [3.05, 3.63) is 86.8 Å². The van der Waals surface area contributed by atoms with Gasteiger partial charge in [-0.05, 0) is 53.0 Å². The van der Waals surface area contributed by atoms with E-state index in [1.54, 1.807) is 0 Å². The molecule has 0 saturated carbocycles. The quantitative estimate of drug-likeness (QED) is 0.482. The number of rotatable bonds is 1. The van der Waals surface area contributed by atoms with Crippen molar-refractivity contribution in [2.45, 2.75) is 38.0 Å². The zero-order valence-electron chi connectivity index (χ0n) is 18.2. The Balaban J connectivity index is 1.41. The molecular weight excluding hydrogens is 428 g/mol. The maximum atomic E-state index is 14.0. The molecule has 33 heavy (non-hydrogen) atoms. The molecular formula is C28H22N2O2S. The highest BCUT2D eigenvalue weighted by Crippen LogP contribution is 2.61. The van der Waals surface area contributed by atoms with Crippen LogP contribution in [0.5, 0.6) is 0 Å². The first-order chi connectivity index (χ1) is 16.1. The lowest BCUT2D eigenvalue weighted by atomic mass is 9.55. The summed E-state index contributed by atoms with van der Waals surface area (Å²) in [7, 11) is 0. The van der Waals surface area contributed by atoms with Crippen molar-refractivity contribution in [3.63, 3.8) is 0 Å². The van der Waals surface area contributed by atoms with Crippen LogP contribution in [0.2, 0.25) is 0 Å². The van der Waals surface area contributed by atoms with Gasteiger partial charge in [0.05, 0.1) is 17.4 Å². The van der Waals surface area contributed by atoms with E-state index in [0.717, 1.165) is 24.8 Å². The molecule has 2 aromatic carbocycles. The molecule has 3 aromatic rings. The summed E-state index contributed by atoms with van der Waals surface area (Å²) in [5.41, 5.74) is 6.29. The molecule has 5 aliphatic rings. The Morgan fingerprint density at radius 2 is 1.42 bits per heavy atom. The lowest BCUT2D eigenvalue weighted by molar-refractivity contribution is -0.122. The molecule has 0 radical (unpaired) electrons. The van der Waals surface area contributed by atoms with Gasteiger partial charge in [-0.3, -0.25) is 9.59 Å². The van der Waals surface area contributed by atoms with Crippen molar-refractivity contribution in [2.24, 2.45) is 17.8 Å². The van der Waals surface area contributed by atoms with Gasteiger partial charge >= 0.3 is 0 Å². The highest BCUT2D eigenvalue weighted by Gasteiger charge is 2.62. The molecule has 3 atom stereocenters. The third kappa shape index (κ3) is 2.34. The van der Waals surface area contributed by atoms with Crippen molar-refractivity contribution in [1.29, 1.82) is 5.26 Å². The highest BCUT2D eigenvalue weighted by atomic mass is 32.1. The van der Waals surface area contributed by atoms with Gasteiger partial charge in [0.1, 0.15) is 11.1 Å². The summed E-state index contributed by atoms with van der Waals surface area (Å²) >= 11 is 1.49. The normalized spacial score (nSPS) is 28.7. The van der Waals surface area contributed by atoms with E-state index in [-0.39, 0.29) is 23.7 Å². The number of hydrogen-bond donors (Lipinski definition) is 0. The number of hydrogen-bond acceptors (Lipinski definition) is 4. The van der Waals surface area contributed by atoms with Crippen molar-refractivity contribution in [1.82, 2.24) is 0 Å². The summed E-state index contributed by atoms with van der Waals surface area (Å²) in [5.74, 6) is -0.796. The fourth-order valence-electron chi connectivity index (χ4n) is 6.89. The Kier molecular flexibility index (Phi) is 3.88. The number of aryl methyl sites for hydroxylation is 1. The van der Waals surface area contributed by atoms with Crippen LogP contribution in [0, 0.1) is 29.1 Å². The second-order valence-electron chi connectivity index (χ2n) is 9.92. The van der Waals surface area contributed by atoms with Gasteiger partial charge in [-0.25, -0.2) is 4.90 Å². The van der Waals surface area contributed by atoms with E-state index in [1.807, 2.05) is 24.3 Å². The van der Waals surface area contributed by atoms with Gasteiger partial charge in [0, 0.05) is 16.7 Å². The summed E-state index contributed by atoms with van der Waals surface area (Å²) < 4.78 is 0. The second kappa shape index (κ2) is 6.65. The summed E-state index contributed by atoms with van der Waals surface area (Å²) in [5, 5.41) is 10.6. The number of fused-ring (bicyclic) bond motifs is 1. The lowest BCUT2D eigenvalue weighted by Crippen LogP contribution is -2.41.